The molecule has 0 spiro atoms. The van der Waals surface area contributed by atoms with E-state index in [-0.39, 0.29) is 12.5 Å². The fourth-order valence-electron chi connectivity index (χ4n) is 3.58. The fraction of sp³-hybridized carbons (Fsp3) is 0.208. The summed E-state index contributed by atoms with van der Waals surface area (Å²) in [6.07, 6.45) is 0. The quantitative estimate of drug-likeness (QED) is 0.355. The Morgan fingerprint density at radius 1 is 1.12 bits per heavy atom. The first-order chi connectivity index (χ1) is 15.3. The van der Waals surface area contributed by atoms with Gasteiger partial charge in [-0.15, -0.1) is 22.7 Å². The van der Waals surface area contributed by atoms with Crippen LogP contribution in [0.1, 0.15) is 43.8 Å². The van der Waals surface area contributed by atoms with Crippen LogP contribution in [0.5, 0.6) is 0 Å². The second kappa shape index (κ2) is 8.72. The molecular weight excluding hydrogens is 442 g/mol. The third-order valence-electron chi connectivity index (χ3n) is 5.46. The number of hydrogen-bond acceptors (Lipinski definition) is 7. The van der Waals surface area contributed by atoms with Crippen molar-refractivity contribution in [2.24, 2.45) is 0 Å². The second-order valence-electron chi connectivity index (χ2n) is 7.37. The maximum absolute atomic E-state index is 13.2. The summed E-state index contributed by atoms with van der Waals surface area (Å²) in [5.41, 5.74) is 11.7. The van der Waals surface area contributed by atoms with E-state index >= 15 is 0 Å². The number of anilines is 2. The van der Waals surface area contributed by atoms with Gasteiger partial charge in [0.25, 0.3) is 5.91 Å². The lowest BCUT2D eigenvalue weighted by Gasteiger charge is -2.09. The van der Waals surface area contributed by atoms with Crippen molar-refractivity contribution in [3.63, 3.8) is 0 Å². The summed E-state index contributed by atoms with van der Waals surface area (Å²) in [7, 11) is 0. The predicted molar refractivity (Wildman–Crippen MR) is 132 cm³/mol. The van der Waals surface area contributed by atoms with Crippen molar-refractivity contribution < 1.29 is 14.3 Å². The first-order valence-electron chi connectivity index (χ1n) is 10.1. The molecule has 0 radical (unpaired) electrons. The number of pyridine rings is 1. The van der Waals surface area contributed by atoms with Crippen molar-refractivity contribution in [1.29, 1.82) is 0 Å². The largest absolute Gasteiger partial charge is 0.462 e. The molecular formula is C24H23N3O3S2. The van der Waals surface area contributed by atoms with Gasteiger partial charge in [-0.25, -0.2) is 9.78 Å². The number of nitrogen functional groups attached to an aromatic ring is 1. The van der Waals surface area contributed by atoms with E-state index in [1.54, 1.807) is 6.92 Å². The molecule has 0 bridgehead atoms. The van der Waals surface area contributed by atoms with Crippen LogP contribution in [-0.4, -0.2) is 23.5 Å². The summed E-state index contributed by atoms with van der Waals surface area (Å²) in [6.45, 7) is 7.92. The summed E-state index contributed by atoms with van der Waals surface area (Å²) >= 11 is 2.54. The summed E-state index contributed by atoms with van der Waals surface area (Å²) < 4.78 is 5.27. The standard InChI is InChI=1S/C24H23N3O3S2/c1-5-30-24(29)18-16(15-9-7-6-8-10-15)11-31-22(18)27-21(28)20-19(25)17-13(3)12(2)14(4)26-23(17)32-20/h6-11H,5,25H2,1-4H3,(H,27,28). The molecule has 32 heavy (non-hydrogen) atoms. The van der Waals surface area contributed by atoms with Gasteiger partial charge in [-0.2, -0.15) is 0 Å². The Bertz CT molecular complexity index is 1340. The molecule has 0 aliphatic heterocycles. The summed E-state index contributed by atoms with van der Waals surface area (Å²) in [4.78, 5) is 31.7. The van der Waals surface area contributed by atoms with Gasteiger partial charge >= 0.3 is 5.97 Å². The van der Waals surface area contributed by atoms with Crippen LogP contribution in [0.25, 0.3) is 21.3 Å². The molecule has 4 rings (SSSR count). The lowest BCUT2D eigenvalue weighted by Crippen LogP contribution is -2.15. The number of nitrogens with one attached hydrogen (secondary N) is 1. The van der Waals surface area contributed by atoms with E-state index in [0.29, 0.717) is 21.1 Å². The number of carbonyl (C=O) groups is 2. The summed E-state index contributed by atoms with van der Waals surface area (Å²) in [6, 6.07) is 9.54. The number of fused-ring (bicyclic) bond motifs is 1. The van der Waals surface area contributed by atoms with E-state index in [2.05, 4.69) is 10.3 Å². The molecule has 3 aromatic heterocycles. The molecule has 0 saturated carbocycles. The van der Waals surface area contributed by atoms with Crippen LogP contribution in [-0.2, 0) is 4.74 Å². The van der Waals surface area contributed by atoms with Crippen LogP contribution in [0, 0.1) is 20.8 Å². The first kappa shape index (κ1) is 22.0. The van der Waals surface area contributed by atoms with Gasteiger partial charge < -0.3 is 15.8 Å². The molecule has 0 fully saturated rings. The third kappa shape index (κ3) is 3.76. The van der Waals surface area contributed by atoms with Crippen LogP contribution in [0.15, 0.2) is 35.7 Å². The van der Waals surface area contributed by atoms with E-state index in [4.69, 9.17) is 10.5 Å². The van der Waals surface area contributed by atoms with Gasteiger partial charge in [0.2, 0.25) is 0 Å². The monoisotopic (exact) mass is 465 g/mol. The molecule has 4 aromatic rings. The average molecular weight is 466 g/mol. The van der Waals surface area contributed by atoms with Gasteiger partial charge in [0.05, 0.1) is 12.3 Å². The lowest BCUT2D eigenvalue weighted by atomic mass is 10.0. The number of aryl methyl sites for hydroxylation is 2. The minimum absolute atomic E-state index is 0.239. The Balaban J connectivity index is 1.76. The molecule has 1 aromatic carbocycles. The van der Waals surface area contributed by atoms with E-state index in [0.717, 1.165) is 38.2 Å². The molecule has 0 atom stereocenters. The van der Waals surface area contributed by atoms with Crippen molar-refractivity contribution in [3.8, 4) is 11.1 Å². The predicted octanol–water partition coefficient (Wildman–Crippen LogP) is 5.96. The molecule has 0 aliphatic rings. The zero-order valence-corrected chi connectivity index (χ0v) is 19.9. The molecule has 0 unspecified atom stereocenters. The number of amides is 1. The number of esters is 1. The summed E-state index contributed by atoms with van der Waals surface area (Å²) in [5, 5.41) is 5.98. The Kier molecular flexibility index (Phi) is 5.99. The lowest BCUT2D eigenvalue weighted by molar-refractivity contribution is 0.0529. The Labute approximate surface area is 194 Å². The van der Waals surface area contributed by atoms with E-state index in [9.17, 15) is 9.59 Å². The highest BCUT2D eigenvalue weighted by Gasteiger charge is 2.25. The van der Waals surface area contributed by atoms with E-state index in [1.807, 2.05) is 56.5 Å². The Hall–Kier alpha value is -3.23. The molecule has 0 aliphatic carbocycles. The fourth-order valence-corrected chi connectivity index (χ4v) is 5.63. The zero-order chi connectivity index (χ0) is 23.0. The van der Waals surface area contributed by atoms with Gasteiger partial charge in [0, 0.05) is 22.0 Å². The second-order valence-corrected chi connectivity index (χ2v) is 9.25. The molecule has 3 heterocycles. The number of hydrogen-bond donors (Lipinski definition) is 2. The average Bonchev–Trinajstić information content (AvgIpc) is 3.34. The molecule has 1 amide bonds. The Morgan fingerprint density at radius 3 is 2.53 bits per heavy atom. The summed E-state index contributed by atoms with van der Waals surface area (Å²) in [5.74, 6) is -0.844. The number of aromatic nitrogens is 1. The normalized spacial score (nSPS) is 11.0. The zero-order valence-electron chi connectivity index (χ0n) is 18.2. The van der Waals surface area contributed by atoms with Gasteiger partial charge in [-0.1, -0.05) is 30.3 Å². The van der Waals surface area contributed by atoms with Crippen LogP contribution >= 0.6 is 22.7 Å². The van der Waals surface area contributed by atoms with Crippen molar-refractivity contribution >= 4 is 55.5 Å². The van der Waals surface area contributed by atoms with Gasteiger partial charge in [-0.3, -0.25) is 4.79 Å². The SMILES string of the molecule is CCOC(=O)c1c(-c2ccccc2)csc1NC(=O)c1sc2nc(C)c(C)c(C)c2c1N. The molecule has 3 N–H and O–H groups in total. The van der Waals surface area contributed by atoms with Gasteiger partial charge in [-0.05, 0) is 44.4 Å². The number of thiophene rings is 2. The number of nitrogens with zero attached hydrogens (tertiary/aromatic N) is 1. The van der Waals surface area contributed by atoms with Crippen molar-refractivity contribution in [2.75, 3.05) is 17.7 Å². The molecule has 0 saturated heterocycles. The van der Waals surface area contributed by atoms with Crippen LogP contribution in [0.2, 0.25) is 0 Å². The van der Waals surface area contributed by atoms with Gasteiger partial charge in [0.1, 0.15) is 20.3 Å². The minimum Gasteiger partial charge on any atom is -0.462 e. The van der Waals surface area contributed by atoms with Crippen molar-refractivity contribution in [3.05, 3.63) is 63.0 Å². The minimum atomic E-state index is -0.476. The van der Waals surface area contributed by atoms with Crippen molar-refractivity contribution in [2.45, 2.75) is 27.7 Å². The molecule has 164 valence electrons. The number of rotatable bonds is 5. The maximum atomic E-state index is 13.2. The topological polar surface area (TPSA) is 94.3 Å². The Morgan fingerprint density at radius 2 is 1.84 bits per heavy atom. The van der Waals surface area contributed by atoms with Crippen molar-refractivity contribution in [1.82, 2.24) is 4.98 Å². The van der Waals surface area contributed by atoms with E-state index < -0.39 is 5.97 Å². The highest BCUT2D eigenvalue weighted by Crippen LogP contribution is 2.39. The molecule has 8 heteroatoms. The number of benzene rings is 1. The number of ether oxygens (including phenoxy) is 1. The first-order valence-corrected chi connectivity index (χ1v) is 11.8. The van der Waals surface area contributed by atoms with Crippen LogP contribution in [0.3, 0.4) is 0 Å². The van der Waals surface area contributed by atoms with Gasteiger partial charge in [0.15, 0.2) is 0 Å². The highest BCUT2D eigenvalue weighted by atomic mass is 32.1. The number of nitrogens with two attached hydrogens (primary N) is 1. The van der Waals surface area contributed by atoms with E-state index in [1.165, 1.54) is 22.7 Å². The molecule has 6 nitrogen and oxygen atoms in total. The van der Waals surface area contributed by atoms with Crippen LogP contribution in [0.4, 0.5) is 10.7 Å². The smallest absolute Gasteiger partial charge is 0.341 e. The highest BCUT2D eigenvalue weighted by molar-refractivity contribution is 7.21. The maximum Gasteiger partial charge on any atom is 0.341 e. The third-order valence-corrected chi connectivity index (χ3v) is 7.46. The van der Waals surface area contributed by atoms with Crippen LogP contribution < -0.4 is 11.1 Å². The number of carbonyl (C=O) groups excluding carboxylic acids is 2.